The molecule has 0 aromatic carbocycles. The molecule has 0 amide bonds. The van der Waals surface area contributed by atoms with Gasteiger partial charge < -0.3 is 4.74 Å². The van der Waals surface area contributed by atoms with Gasteiger partial charge in [-0.25, -0.2) is 0 Å². The fourth-order valence-electron chi connectivity index (χ4n) is 5.12. The van der Waals surface area contributed by atoms with Crippen LogP contribution in [0, 0.1) is 35.6 Å². The maximum Gasteiger partial charge on any atom is 0.314 e. The summed E-state index contributed by atoms with van der Waals surface area (Å²) in [5, 5.41) is 0. The number of nitrogens with zero attached hydrogens (tertiary/aromatic N) is 1. The van der Waals surface area contributed by atoms with Gasteiger partial charge in [0.05, 0.1) is 5.92 Å². The van der Waals surface area contributed by atoms with Crippen LogP contribution in [0.2, 0.25) is 0 Å². The van der Waals surface area contributed by atoms with Crippen molar-refractivity contribution in [2.45, 2.75) is 84.0 Å². The molecule has 3 nitrogen and oxygen atoms in total. The molecule has 0 atom stereocenters. The lowest BCUT2D eigenvalue weighted by Gasteiger charge is -2.37. The number of aromatic nitrogens is 1. The molecule has 0 spiro atoms. The summed E-state index contributed by atoms with van der Waals surface area (Å²) >= 11 is 0. The molecule has 2 aliphatic carbocycles. The number of carbonyl (C=O) groups is 1. The first-order valence-corrected chi connectivity index (χ1v) is 11.1. The first kappa shape index (κ1) is 21.2. The highest BCUT2D eigenvalue weighted by atomic mass is 19.1. The van der Waals surface area contributed by atoms with Crippen LogP contribution < -0.4 is 4.74 Å². The molecule has 3 rings (SSSR count). The molecular formula is C23H33F2NO2. The van der Waals surface area contributed by atoms with Crippen molar-refractivity contribution in [3.8, 4) is 5.75 Å². The van der Waals surface area contributed by atoms with Crippen LogP contribution in [0.3, 0.4) is 0 Å². The Morgan fingerprint density at radius 2 is 1.64 bits per heavy atom. The van der Waals surface area contributed by atoms with E-state index in [0.717, 1.165) is 49.7 Å². The zero-order chi connectivity index (χ0) is 19.9. The number of pyridine rings is 1. The van der Waals surface area contributed by atoms with E-state index in [9.17, 15) is 13.6 Å². The third-order valence-electron chi connectivity index (χ3n) is 6.87. The molecule has 0 radical (unpaired) electrons. The van der Waals surface area contributed by atoms with E-state index >= 15 is 0 Å². The highest BCUT2D eigenvalue weighted by molar-refractivity contribution is 5.75. The van der Waals surface area contributed by atoms with Crippen molar-refractivity contribution in [1.82, 2.24) is 4.98 Å². The predicted octanol–water partition coefficient (Wildman–Crippen LogP) is 6.46. The molecule has 156 valence electrons. The average Bonchev–Trinajstić information content (AvgIpc) is 2.71. The van der Waals surface area contributed by atoms with Crippen molar-refractivity contribution in [2.75, 3.05) is 0 Å². The number of hydrogen-bond donors (Lipinski definition) is 0. The van der Waals surface area contributed by atoms with Crippen LogP contribution in [0.5, 0.6) is 5.75 Å². The van der Waals surface area contributed by atoms with Gasteiger partial charge in [0.1, 0.15) is 0 Å². The van der Waals surface area contributed by atoms with Gasteiger partial charge in [-0.3, -0.25) is 4.79 Å². The zero-order valence-electron chi connectivity index (χ0n) is 17.0. The Hall–Kier alpha value is -1.52. The van der Waals surface area contributed by atoms with Gasteiger partial charge in [-0.15, -0.1) is 0 Å². The van der Waals surface area contributed by atoms with Crippen LogP contribution in [0.1, 0.15) is 84.0 Å². The summed E-state index contributed by atoms with van der Waals surface area (Å²) in [4.78, 5) is 15.4. The minimum atomic E-state index is -1.07. The summed E-state index contributed by atoms with van der Waals surface area (Å²) in [6, 6.07) is 2.13. The topological polar surface area (TPSA) is 39.2 Å². The Kier molecular flexibility index (Phi) is 7.81. The second-order valence-corrected chi connectivity index (χ2v) is 8.73. The Balaban J connectivity index is 1.40. The maximum absolute atomic E-state index is 13.6. The largest absolute Gasteiger partial charge is 0.421 e. The molecule has 0 bridgehead atoms. The highest BCUT2D eigenvalue weighted by Crippen LogP contribution is 2.42. The lowest BCUT2D eigenvalue weighted by Crippen LogP contribution is -2.30. The highest BCUT2D eigenvalue weighted by Gasteiger charge is 2.33. The van der Waals surface area contributed by atoms with Crippen molar-refractivity contribution >= 4 is 5.97 Å². The van der Waals surface area contributed by atoms with Crippen LogP contribution >= 0.6 is 0 Å². The van der Waals surface area contributed by atoms with E-state index < -0.39 is 17.9 Å². The average molecular weight is 394 g/mol. The van der Waals surface area contributed by atoms with E-state index in [4.69, 9.17) is 4.74 Å². The SMILES string of the molecule is CCCCC[C@H]1CC[C@H]([C@H]2CC[C@H](C(=O)Oc3ccc(F)nc3F)CC2)CC1. The minimum absolute atomic E-state index is 0.189. The lowest BCUT2D eigenvalue weighted by molar-refractivity contribution is -0.140. The van der Waals surface area contributed by atoms with Gasteiger partial charge in [-0.05, 0) is 68.4 Å². The third-order valence-corrected chi connectivity index (χ3v) is 6.87. The smallest absolute Gasteiger partial charge is 0.314 e. The van der Waals surface area contributed by atoms with E-state index in [0.29, 0.717) is 5.92 Å². The van der Waals surface area contributed by atoms with Crippen molar-refractivity contribution < 1.29 is 18.3 Å². The molecule has 5 heteroatoms. The van der Waals surface area contributed by atoms with Gasteiger partial charge in [0.25, 0.3) is 5.95 Å². The molecule has 2 fully saturated rings. The molecule has 0 saturated heterocycles. The van der Waals surface area contributed by atoms with Gasteiger partial charge in [0.15, 0.2) is 5.75 Å². The summed E-state index contributed by atoms with van der Waals surface area (Å²) < 4.78 is 31.6. The number of carbonyl (C=O) groups excluding carboxylic acids is 1. The molecule has 1 aromatic rings. The van der Waals surface area contributed by atoms with Crippen molar-refractivity contribution in [3.63, 3.8) is 0 Å². The fourth-order valence-corrected chi connectivity index (χ4v) is 5.12. The third kappa shape index (κ3) is 5.74. The molecule has 2 aliphatic rings. The number of esters is 1. The lowest BCUT2D eigenvalue weighted by atomic mass is 9.68. The van der Waals surface area contributed by atoms with Crippen LogP contribution in [0.25, 0.3) is 0 Å². The molecule has 2 saturated carbocycles. The monoisotopic (exact) mass is 393 g/mol. The Morgan fingerprint density at radius 3 is 2.25 bits per heavy atom. The quantitative estimate of drug-likeness (QED) is 0.303. The molecule has 0 aliphatic heterocycles. The van der Waals surface area contributed by atoms with Crippen LogP contribution in [-0.2, 0) is 4.79 Å². The number of hydrogen-bond acceptors (Lipinski definition) is 3. The summed E-state index contributed by atoms with van der Waals surface area (Å²) in [7, 11) is 0. The normalized spacial score (nSPS) is 28.1. The van der Waals surface area contributed by atoms with Crippen LogP contribution in [-0.4, -0.2) is 11.0 Å². The second-order valence-electron chi connectivity index (χ2n) is 8.73. The van der Waals surface area contributed by atoms with E-state index in [1.54, 1.807) is 0 Å². The Morgan fingerprint density at radius 1 is 1.00 bits per heavy atom. The van der Waals surface area contributed by atoms with Gasteiger partial charge in [0.2, 0.25) is 5.95 Å². The first-order valence-electron chi connectivity index (χ1n) is 11.1. The van der Waals surface area contributed by atoms with Crippen molar-refractivity contribution in [3.05, 3.63) is 24.0 Å². The molecule has 0 unspecified atom stereocenters. The summed E-state index contributed by atoms with van der Waals surface area (Å²) in [5.74, 6) is -0.432. The Labute approximate surface area is 167 Å². The zero-order valence-corrected chi connectivity index (χ0v) is 17.0. The number of rotatable bonds is 7. The van der Waals surface area contributed by atoms with E-state index in [1.165, 1.54) is 51.4 Å². The summed E-state index contributed by atoms with van der Waals surface area (Å²) in [5.41, 5.74) is 0. The van der Waals surface area contributed by atoms with Crippen LogP contribution in [0.15, 0.2) is 12.1 Å². The molecule has 1 aromatic heterocycles. The molecular weight excluding hydrogens is 360 g/mol. The van der Waals surface area contributed by atoms with Crippen molar-refractivity contribution in [1.29, 1.82) is 0 Å². The molecule has 28 heavy (non-hydrogen) atoms. The fraction of sp³-hybridized carbons (Fsp3) is 0.739. The van der Waals surface area contributed by atoms with E-state index in [1.807, 2.05) is 0 Å². The second kappa shape index (κ2) is 10.3. The van der Waals surface area contributed by atoms with Gasteiger partial charge in [-0.1, -0.05) is 45.4 Å². The van der Waals surface area contributed by atoms with Gasteiger partial charge >= 0.3 is 5.97 Å². The van der Waals surface area contributed by atoms with Gasteiger partial charge in [0, 0.05) is 0 Å². The van der Waals surface area contributed by atoms with Crippen LogP contribution in [0.4, 0.5) is 8.78 Å². The Bertz CT molecular complexity index is 635. The van der Waals surface area contributed by atoms with Gasteiger partial charge in [-0.2, -0.15) is 13.8 Å². The minimum Gasteiger partial charge on any atom is -0.421 e. The number of ether oxygens (including phenoxy) is 1. The summed E-state index contributed by atoms with van der Waals surface area (Å²) in [6.07, 6.45) is 14.5. The summed E-state index contributed by atoms with van der Waals surface area (Å²) in [6.45, 7) is 2.26. The van der Waals surface area contributed by atoms with E-state index in [2.05, 4.69) is 11.9 Å². The maximum atomic E-state index is 13.6. The number of halogens is 2. The van der Waals surface area contributed by atoms with E-state index in [-0.39, 0.29) is 11.7 Å². The predicted molar refractivity (Wildman–Crippen MR) is 105 cm³/mol. The first-order chi connectivity index (χ1) is 13.6. The standard InChI is InChI=1S/C23H33F2NO2/c1-2-3-4-5-16-6-8-17(9-7-16)18-10-12-19(13-11-18)23(27)28-20-14-15-21(24)26-22(20)25/h14-19H,2-13H2,1H3/t16-,17-,18-,19-. The molecule has 0 N–H and O–H groups in total. The molecule has 1 heterocycles. The number of unbranched alkanes of at least 4 members (excludes halogenated alkanes) is 2. The van der Waals surface area contributed by atoms with Crippen molar-refractivity contribution in [2.24, 2.45) is 23.7 Å².